The molecule has 0 radical (unpaired) electrons. The van der Waals surface area contributed by atoms with E-state index in [0.29, 0.717) is 12.0 Å². The maximum Gasteiger partial charge on any atom is 0.337 e. The zero-order valence-electron chi connectivity index (χ0n) is 14.8. The molecule has 2 N–H and O–H groups in total. The monoisotopic (exact) mass is 340 g/mol. The summed E-state index contributed by atoms with van der Waals surface area (Å²) >= 11 is 0. The number of hydrogen-bond acceptors (Lipinski definition) is 4. The number of methoxy groups -OCH3 is 1. The first kappa shape index (κ1) is 18.5. The molecule has 1 amide bonds. The number of ether oxygens (including phenoxy) is 1. The Bertz CT molecular complexity index is 743. The Morgan fingerprint density at radius 2 is 1.88 bits per heavy atom. The molecule has 0 saturated carbocycles. The van der Waals surface area contributed by atoms with E-state index < -0.39 is 0 Å². The summed E-state index contributed by atoms with van der Waals surface area (Å²) in [4.78, 5) is 23.9. The van der Waals surface area contributed by atoms with Crippen molar-refractivity contribution in [3.8, 4) is 0 Å². The van der Waals surface area contributed by atoms with Gasteiger partial charge in [-0.1, -0.05) is 31.2 Å². The van der Waals surface area contributed by atoms with Crippen LogP contribution in [0.1, 0.15) is 36.2 Å². The van der Waals surface area contributed by atoms with Crippen LogP contribution in [0.25, 0.3) is 0 Å². The Balaban J connectivity index is 1.94. The fraction of sp³-hybridized carbons (Fsp3) is 0.300. The number of esters is 1. The number of carbonyl (C=O) groups is 2. The SMILES string of the molecule is CCc1ccccc1NC(=O)C[C@@H](C)Nc1cccc(C(=O)OC)c1. The van der Waals surface area contributed by atoms with E-state index in [4.69, 9.17) is 4.74 Å². The molecular formula is C20H24N2O3. The second kappa shape index (κ2) is 8.87. The van der Waals surface area contributed by atoms with Crippen molar-refractivity contribution in [2.75, 3.05) is 17.7 Å². The van der Waals surface area contributed by atoms with Crippen molar-refractivity contribution in [3.63, 3.8) is 0 Å². The number of anilines is 2. The Kier molecular flexibility index (Phi) is 6.57. The number of carbonyl (C=O) groups excluding carboxylic acids is 2. The summed E-state index contributed by atoms with van der Waals surface area (Å²) in [7, 11) is 1.35. The third kappa shape index (κ3) is 5.35. The number of rotatable bonds is 7. The van der Waals surface area contributed by atoms with E-state index in [0.717, 1.165) is 23.4 Å². The number of para-hydroxylation sites is 1. The molecule has 5 nitrogen and oxygen atoms in total. The van der Waals surface area contributed by atoms with E-state index in [2.05, 4.69) is 17.6 Å². The first-order valence-electron chi connectivity index (χ1n) is 8.36. The van der Waals surface area contributed by atoms with Crippen LogP contribution >= 0.6 is 0 Å². The lowest BCUT2D eigenvalue weighted by Crippen LogP contribution is -2.24. The van der Waals surface area contributed by atoms with Crippen LogP contribution in [-0.4, -0.2) is 25.0 Å². The number of benzene rings is 2. The molecule has 0 aliphatic heterocycles. The largest absolute Gasteiger partial charge is 0.465 e. The Morgan fingerprint density at radius 1 is 1.12 bits per heavy atom. The minimum absolute atomic E-state index is 0.0509. The van der Waals surface area contributed by atoms with Crippen LogP contribution in [0.5, 0.6) is 0 Å². The number of hydrogen-bond donors (Lipinski definition) is 2. The zero-order chi connectivity index (χ0) is 18.2. The average Bonchev–Trinajstić information content (AvgIpc) is 2.61. The summed E-state index contributed by atoms with van der Waals surface area (Å²) in [5.41, 5.74) is 3.22. The fourth-order valence-electron chi connectivity index (χ4n) is 2.62. The van der Waals surface area contributed by atoms with Crippen LogP contribution in [0.2, 0.25) is 0 Å². The molecule has 132 valence electrons. The van der Waals surface area contributed by atoms with E-state index in [1.165, 1.54) is 7.11 Å². The molecule has 0 aliphatic carbocycles. The molecular weight excluding hydrogens is 316 g/mol. The van der Waals surface area contributed by atoms with Crippen molar-refractivity contribution in [2.45, 2.75) is 32.7 Å². The highest BCUT2D eigenvalue weighted by Gasteiger charge is 2.12. The van der Waals surface area contributed by atoms with Crippen molar-refractivity contribution in [3.05, 3.63) is 59.7 Å². The summed E-state index contributed by atoms with van der Waals surface area (Å²) in [5.74, 6) is -0.435. The van der Waals surface area contributed by atoms with Gasteiger partial charge in [0.05, 0.1) is 12.7 Å². The predicted octanol–water partition coefficient (Wildman–Crippen LogP) is 3.86. The van der Waals surface area contributed by atoms with Crippen molar-refractivity contribution < 1.29 is 14.3 Å². The highest BCUT2D eigenvalue weighted by Crippen LogP contribution is 2.17. The summed E-state index contributed by atoms with van der Waals surface area (Å²) in [6.45, 7) is 3.99. The second-order valence-corrected chi connectivity index (χ2v) is 5.88. The molecule has 0 unspecified atom stereocenters. The van der Waals surface area contributed by atoms with Gasteiger partial charge in [-0.15, -0.1) is 0 Å². The van der Waals surface area contributed by atoms with Gasteiger partial charge in [-0.05, 0) is 43.2 Å². The maximum atomic E-state index is 12.3. The molecule has 2 aromatic carbocycles. The molecule has 0 aliphatic rings. The van der Waals surface area contributed by atoms with Gasteiger partial charge in [0.15, 0.2) is 0 Å². The first-order chi connectivity index (χ1) is 12.0. The summed E-state index contributed by atoms with van der Waals surface area (Å²) in [5, 5.41) is 6.20. The normalized spacial score (nSPS) is 11.5. The van der Waals surface area contributed by atoms with Crippen LogP contribution in [0.3, 0.4) is 0 Å². The smallest absolute Gasteiger partial charge is 0.337 e. The predicted molar refractivity (Wildman–Crippen MR) is 99.9 cm³/mol. The highest BCUT2D eigenvalue weighted by molar-refractivity contribution is 5.92. The third-order valence-corrected chi connectivity index (χ3v) is 3.86. The van der Waals surface area contributed by atoms with Crippen molar-refractivity contribution in [2.24, 2.45) is 0 Å². The topological polar surface area (TPSA) is 67.4 Å². The van der Waals surface area contributed by atoms with Gasteiger partial charge in [0.2, 0.25) is 5.91 Å². The molecule has 0 saturated heterocycles. The van der Waals surface area contributed by atoms with E-state index >= 15 is 0 Å². The third-order valence-electron chi connectivity index (χ3n) is 3.86. The quantitative estimate of drug-likeness (QED) is 0.751. The Hall–Kier alpha value is -2.82. The van der Waals surface area contributed by atoms with E-state index in [1.54, 1.807) is 18.2 Å². The Morgan fingerprint density at radius 3 is 2.60 bits per heavy atom. The van der Waals surface area contributed by atoms with Gasteiger partial charge in [-0.2, -0.15) is 0 Å². The molecule has 2 aromatic rings. The molecule has 0 heterocycles. The Labute approximate surface area is 148 Å². The lowest BCUT2D eigenvalue weighted by atomic mass is 10.1. The van der Waals surface area contributed by atoms with Gasteiger partial charge in [0.1, 0.15) is 0 Å². The van der Waals surface area contributed by atoms with Crippen LogP contribution < -0.4 is 10.6 Å². The lowest BCUT2D eigenvalue weighted by Gasteiger charge is -2.16. The van der Waals surface area contributed by atoms with Crippen LogP contribution in [0, 0.1) is 0 Å². The van der Waals surface area contributed by atoms with Gasteiger partial charge >= 0.3 is 5.97 Å². The molecule has 5 heteroatoms. The molecule has 0 spiro atoms. The summed E-state index contributed by atoms with van der Waals surface area (Å²) in [6, 6.07) is 14.8. The van der Waals surface area contributed by atoms with Gasteiger partial charge in [0.25, 0.3) is 0 Å². The first-order valence-corrected chi connectivity index (χ1v) is 8.36. The molecule has 2 rings (SSSR count). The van der Waals surface area contributed by atoms with E-state index in [1.807, 2.05) is 37.3 Å². The second-order valence-electron chi connectivity index (χ2n) is 5.88. The summed E-state index contributed by atoms with van der Waals surface area (Å²) < 4.78 is 4.72. The zero-order valence-corrected chi connectivity index (χ0v) is 14.8. The standard InChI is InChI=1S/C20H24N2O3/c1-4-15-8-5-6-11-18(15)22-19(23)12-14(2)21-17-10-7-9-16(13-17)20(24)25-3/h5-11,13-14,21H,4,12H2,1-3H3,(H,22,23)/t14-/m1/s1. The number of nitrogens with one attached hydrogen (secondary N) is 2. The fourth-order valence-corrected chi connectivity index (χ4v) is 2.62. The number of amides is 1. The lowest BCUT2D eigenvalue weighted by molar-refractivity contribution is -0.116. The van der Waals surface area contributed by atoms with Crippen molar-refractivity contribution >= 4 is 23.3 Å². The highest BCUT2D eigenvalue weighted by atomic mass is 16.5. The van der Waals surface area contributed by atoms with Crippen LogP contribution in [-0.2, 0) is 16.0 Å². The molecule has 0 fully saturated rings. The molecule has 0 bridgehead atoms. The molecule has 1 atom stereocenters. The minimum Gasteiger partial charge on any atom is -0.465 e. The molecule has 0 aromatic heterocycles. The van der Waals surface area contributed by atoms with Crippen molar-refractivity contribution in [1.82, 2.24) is 0 Å². The van der Waals surface area contributed by atoms with Gasteiger partial charge in [-0.3, -0.25) is 4.79 Å². The van der Waals surface area contributed by atoms with Gasteiger partial charge in [0, 0.05) is 23.8 Å². The van der Waals surface area contributed by atoms with Crippen molar-refractivity contribution in [1.29, 1.82) is 0 Å². The van der Waals surface area contributed by atoms with Gasteiger partial charge < -0.3 is 15.4 Å². The van der Waals surface area contributed by atoms with E-state index in [9.17, 15) is 9.59 Å². The van der Waals surface area contributed by atoms with Gasteiger partial charge in [-0.25, -0.2) is 4.79 Å². The van der Waals surface area contributed by atoms with E-state index in [-0.39, 0.29) is 17.9 Å². The maximum absolute atomic E-state index is 12.3. The molecule has 25 heavy (non-hydrogen) atoms. The number of aryl methyl sites for hydroxylation is 1. The summed E-state index contributed by atoms with van der Waals surface area (Å²) in [6.07, 6.45) is 1.19. The minimum atomic E-state index is -0.384. The van der Waals surface area contributed by atoms with Crippen LogP contribution in [0.4, 0.5) is 11.4 Å². The van der Waals surface area contributed by atoms with Crippen LogP contribution in [0.15, 0.2) is 48.5 Å². The average molecular weight is 340 g/mol.